The number of anilines is 1. The number of carbonyl (C=O) groups excluding carboxylic acids is 2. The van der Waals surface area contributed by atoms with Crippen LogP contribution in [0.15, 0.2) is 49.2 Å². The summed E-state index contributed by atoms with van der Waals surface area (Å²) >= 11 is 0. The minimum Gasteiger partial charge on any atom is -0.344 e. The van der Waals surface area contributed by atoms with Crippen LogP contribution in [0.2, 0.25) is 0 Å². The summed E-state index contributed by atoms with van der Waals surface area (Å²) in [6.07, 6.45) is 8.42. The lowest BCUT2D eigenvalue weighted by molar-refractivity contribution is -0.115. The Hall–Kier alpha value is -3.81. The lowest BCUT2D eigenvalue weighted by Crippen LogP contribution is -2.15. The van der Waals surface area contributed by atoms with Crippen LogP contribution in [0.4, 0.5) is 5.69 Å². The van der Waals surface area contributed by atoms with Gasteiger partial charge in [-0.2, -0.15) is 5.10 Å². The van der Waals surface area contributed by atoms with E-state index in [1.807, 2.05) is 25.3 Å². The van der Waals surface area contributed by atoms with Crippen molar-refractivity contribution in [2.45, 2.75) is 33.2 Å². The number of aryl methyl sites for hydroxylation is 1. The van der Waals surface area contributed by atoms with Gasteiger partial charge in [-0.25, -0.2) is 0 Å². The molecule has 0 aliphatic heterocycles. The fourth-order valence-electron chi connectivity index (χ4n) is 3.43. The van der Waals surface area contributed by atoms with Crippen molar-refractivity contribution in [2.75, 3.05) is 5.32 Å². The minimum atomic E-state index is -0.228. The van der Waals surface area contributed by atoms with Crippen molar-refractivity contribution >= 4 is 28.3 Å². The van der Waals surface area contributed by atoms with Crippen LogP contribution in [0.5, 0.6) is 0 Å². The second-order valence-corrected chi connectivity index (χ2v) is 7.50. The molecule has 0 spiro atoms. The zero-order chi connectivity index (χ0) is 21.3. The SMILES string of the molecule is Cc1cc(CC(=O)Nc2cncc(C(=O)c3cn(C(C)C)c4ccncc34)c2)n[nH]1. The third kappa shape index (κ3) is 3.84. The van der Waals surface area contributed by atoms with Crippen molar-refractivity contribution in [1.29, 1.82) is 0 Å². The summed E-state index contributed by atoms with van der Waals surface area (Å²) in [7, 11) is 0. The number of nitrogens with zero attached hydrogens (tertiary/aromatic N) is 4. The maximum atomic E-state index is 13.2. The van der Waals surface area contributed by atoms with Crippen LogP contribution in [0.1, 0.15) is 47.2 Å². The Balaban J connectivity index is 1.59. The maximum Gasteiger partial charge on any atom is 0.230 e. The highest BCUT2D eigenvalue weighted by Crippen LogP contribution is 2.26. The van der Waals surface area contributed by atoms with Crippen molar-refractivity contribution < 1.29 is 9.59 Å². The highest BCUT2D eigenvalue weighted by atomic mass is 16.1. The van der Waals surface area contributed by atoms with Crippen molar-refractivity contribution in [3.63, 3.8) is 0 Å². The minimum absolute atomic E-state index is 0.135. The number of fused-ring (bicyclic) bond motifs is 1. The van der Waals surface area contributed by atoms with E-state index < -0.39 is 0 Å². The topological polar surface area (TPSA) is 106 Å². The predicted octanol–water partition coefficient (Wildman–Crippen LogP) is 3.46. The molecule has 0 radical (unpaired) electrons. The molecule has 8 nitrogen and oxygen atoms in total. The zero-order valence-electron chi connectivity index (χ0n) is 17.0. The Bertz CT molecular complexity index is 1240. The van der Waals surface area contributed by atoms with E-state index in [-0.39, 0.29) is 24.2 Å². The van der Waals surface area contributed by atoms with Gasteiger partial charge >= 0.3 is 0 Å². The van der Waals surface area contributed by atoms with Crippen molar-refractivity contribution in [2.24, 2.45) is 0 Å². The van der Waals surface area contributed by atoms with Gasteiger partial charge in [-0.3, -0.25) is 24.7 Å². The first-order chi connectivity index (χ1) is 14.4. The maximum absolute atomic E-state index is 13.2. The van der Waals surface area contributed by atoms with Gasteiger partial charge in [0, 0.05) is 53.0 Å². The number of ketones is 1. The van der Waals surface area contributed by atoms with Gasteiger partial charge in [-0.05, 0) is 39.0 Å². The first-order valence-electron chi connectivity index (χ1n) is 9.67. The van der Waals surface area contributed by atoms with E-state index in [0.29, 0.717) is 22.5 Å². The molecule has 0 fully saturated rings. The van der Waals surface area contributed by atoms with Crippen molar-refractivity contribution in [3.05, 3.63) is 71.7 Å². The first-order valence-corrected chi connectivity index (χ1v) is 9.67. The lowest BCUT2D eigenvalue weighted by atomic mass is 10.0. The average molecular weight is 402 g/mol. The smallest absolute Gasteiger partial charge is 0.230 e. The van der Waals surface area contributed by atoms with Crippen LogP contribution < -0.4 is 5.32 Å². The van der Waals surface area contributed by atoms with Crippen molar-refractivity contribution in [1.82, 2.24) is 24.7 Å². The number of H-pyrrole nitrogens is 1. The fourth-order valence-corrected chi connectivity index (χ4v) is 3.43. The number of amides is 1. The molecule has 2 N–H and O–H groups in total. The molecule has 4 aromatic heterocycles. The molecule has 0 atom stereocenters. The van der Waals surface area contributed by atoms with E-state index in [4.69, 9.17) is 0 Å². The van der Waals surface area contributed by atoms with Crippen LogP contribution >= 0.6 is 0 Å². The van der Waals surface area contributed by atoms with E-state index in [9.17, 15) is 9.59 Å². The molecule has 0 aliphatic carbocycles. The fraction of sp³-hybridized carbons (Fsp3) is 0.227. The van der Waals surface area contributed by atoms with E-state index in [1.165, 1.54) is 12.4 Å². The molecular weight excluding hydrogens is 380 g/mol. The molecular formula is C22H22N6O2. The number of carbonyl (C=O) groups is 2. The first kappa shape index (κ1) is 19.5. The molecule has 30 heavy (non-hydrogen) atoms. The van der Waals surface area contributed by atoms with Crippen LogP contribution in [0.25, 0.3) is 10.9 Å². The van der Waals surface area contributed by atoms with Crippen molar-refractivity contribution in [3.8, 4) is 0 Å². The van der Waals surface area contributed by atoms with Gasteiger partial charge in [0.1, 0.15) is 0 Å². The Morgan fingerprint density at radius 3 is 2.73 bits per heavy atom. The summed E-state index contributed by atoms with van der Waals surface area (Å²) in [5.74, 6) is -0.396. The number of rotatable bonds is 6. The van der Waals surface area contributed by atoms with E-state index in [1.54, 1.807) is 18.5 Å². The van der Waals surface area contributed by atoms with Crippen LogP contribution in [-0.2, 0) is 11.2 Å². The van der Waals surface area contributed by atoms with Gasteiger partial charge in [0.15, 0.2) is 5.78 Å². The lowest BCUT2D eigenvalue weighted by Gasteiger charge is -2.08. The Morgan fingerprint density at radius 2 is 2.00 bits per heavy atom. The molecule has 0 saturated heterocycles. The standard InChI is InChI=1S/C22H22N6O2/c1-13(2)28-12-19(18-11-23-5-4-20(18)28)22(30)15-7-17(10-24-9-15)25-21(29)8-16-6-14(3)26-27-16/h4-7,9-13H,8H2,1-3H3,(H,25,29)(H,26,27). The largest absolute Gasteiger partial charge is 0.344 e. The average Bonchev–Trinajstić information content (AvgIpc) is 3.31. The quantitative estimate of drug-likeness (QED) is 0.481. The number of hydrogen-bond donors (Lipinski definition) is 2. The van der Waals surface area contributed by atoms with E-state index in [0.717, 1.165) is 16.6 Å². The molecule has 4 heterocycles. The molecule has 1 amide bonds. The highest BCUT2D eigenvalue weighted by molar-refractivity contribution is 6.16. The van der Waals surface area contributed by atoms with Crippen LogP contribution in [0, 0.1) is 6.92 Å². The molecule has 4 rings (SSSR count). The Morgan fingerprint density at radius 1 is 1.17 bits per heavy atom. The summed E-state index contributed by atoms with van der Waals surface area (Å²) in [5.41, 5.74) is 3.92. The molecule has 8 heteroatoms. The van der Waals surface area contributed by atoms with Gasteiger partial charge in [0.25, 0.3) is 0 Å². The molecule has 152 valence electrons. The molecule has 0 bridgehead atoms. The van der Waals surface area contributed by atoms with E-state index in [2.05, 4.69) is 43.9 Å². The highest BCUT2D eigenvalue weighted by Gasteiger charge is 2.19. The number of aromatic amines is 1. The predicted molar refractivity (Wildman–Crippen MR) is 113 cm³/mol. The van der Waals surface area contributed by atoms with Crippen LogP contribution in [-0.4, -0.2) is 36.4 Å². The second-order valence-electron chi connectivity index (χ2n) is 7.50. The summed E-state index contributed by atoms with van der Waals surface area (Å²) in [4.78, 5) is 33.8. The van der Waals surface area contributed by atoms with Crippen LogP contribution in [0.3, 0.4) is 0 Å². The number of aromatic nitrogens is 5. The third-order valence-electron chi connectivity index (χ3n) is 4.82. The van der Waals surface area contributed by atoms with Gasteiger partial charge < -0.3 is 9.88 Å². The number of pyridine rings is 2. The Labute approximate surface area is 173 Å². The summed E-state index contributed by atoms with van der Waals surface area (Å²) in [6.45, 7) is 6.00. The van der Waals surface area contributed by atoms with Gasteiger partial charge in [-0.1, -0.05) is 0 Å². The normalized spacial score (nSPS) is 11.2. The number of nitrogens with one attached hydrogen (secondary N) is 2. The van der Waals surface area contributed by atoms with Gasteiger partial charge in [0.2, 0.25) is 5.91 Å². The van der Waals surface area contributed by atoms with E-state index >= 15 is 0 Å². The van der Waals surface area contributed by atoms with Gasteiger partial charge in [-0.15, -0.1) is 0 Å². The Kier molecular flexibility index (Phi) is 5.14. The molecule has 0 aromatic carbocycles. The summed E-state index contributed by atoms with van der Waals surface area (Å²) < 4.78 is 2.05. The number of hydrogen-bond acceptors (Lipinski definition) is 5. The molecule has 0 aliphatic rings. The third-order valence-corrected chi connectivity index (χ3v) is 4.82. The zero-order valence-corrected chi connectivity index (χ0v) is 17.0. The summed E-state index contributed by atoms with van der Waals surface area (Å²) in [5, 5.41) is 10.4. The molecule has 0 unspecified atom stereocenters. The monoisotopic (exact) mass is 402 g/mol. The second kappa shape index (κ2) is 7.90. The molecule has 4 aromatic rings. The molecule has 0 saturated carbocycles. The van der Waals surface area contributed by atoms with Gasteiger partial charge in [0.05, 0.1) is 29.5 Å². The summed E-state index contributed by atoms with van der Waals surface area (Å²) in [6, 6.07) is 5.55.